The summed E-state index contributed by atoms with van der Waals surface area (Å²) in [6.07, 6.45) is 0. The molecule has 1 aromatic heterocycles. The van der Waals surface area contributed by atoms with Crippen molar-refractivity contribution in [1.82, 2.24) is 9.97 Å². The van der Waals surface area contributed by atoms with Gasteiger partial charge in [-0.3, -0.25) is 9.59 Å². The van der Waals surface area contributed by atoms with Crippen LogP contribution in [-0.2, 0) is 9.59 Å². The van der Waals surface area contributed by atoms with Gasteiger partial charge in [0.2, 0.25) is 11.8 Å². The Kier molecular flexibility index (Phi) is 5.43. The van der Waals surface area contributed by atoms with Gasteiger partial charge in [0.1, 0.15) is 0 Å². The van der Waals surface area contributed by atoms with Gasteiger partial charge in [-0.25, -0.2) is 4.79 Å². The molecule has 1 heterocycles. The maximum atomic E-state index is 12.0. The molecule has 0 saturated carbocycles. The van der Waals surface area contributed by atoms with Crippen LogP contribution in [-0.4, -0.2) is 33.3 Å². The van der Waals surface area contributed by atoms with Crippen molar-refractivity contribution in [2.24, 2.45) is 0 Å². The topological polar surface area (TPSA) is 107 Å². The summed E-state index contributed by atoms with van der Waals surface area (Å²) < 4.78 is 0. The van der Waals surface area contributed by atoms with Gasteiger partial charge in [0.25, 0.3) is 0 Å². The van der Waals surface area contributed by atoms with E-state index in [4.69, 9.17) is 0 Å². The van der Waals surface area contributed by atoms with Gasteiger partial charge in [0.05, 0.1) is 22.5 Å². The molecule has 2 aromatic carbocycles. The first kappa shape index (κ1) is 17.8. The van der Waals surface area contributed by atoms with Crippen molar-refractivity contribution in [1.29, 1.82) is 0 Å². The van der Waals surface area contributed by atoms with Crippen molar-refractivity contribution in [2.75, 3.05) is 22.1 Å². The maximum absolute atomic E-state index is 12.0. The predicted octanol–water partition coefficient (Wildman–Crippen LogP) is 2.48. The molecule has 0 aliphatic heterocycles. The van der Waals surface area contributed by atoms with Crippen molar-refractivity contribution in [3.63, 3.8) is 0 Å². The van der Waals surface area contributed by atoms with Gasteiger partial charge in [-0.05, 0) is 42.8 Å². The highest BCUT2D eigenvalue weighted by Crippen LogP contribution is 2.15. The molecule has 0 atom stereocenters. The molecule has 0 spiro atoms. The molecule has 8 heteroatoms. The largest absolute Gasteiger partial charge is 0.325 e. The molecule has 3 rings (SSSR count). The van der Waals surface area contributed by atoms with E-state index in [9.17, 15) is 14.4 Å². The molecule has 0 saturated heterocycles. The number of H-pyrrole nitrogens is 2. The molecule has 26 heavy (non-hydrogen) atoms. The zero-order chi connectivity index (χ0) is 18.5. The van der Waals surface area contributed by atoms with E-state index in [2.05, 4.69) is 20.6 Å². The van der Waals surface area contributed by atoms with E-state index in [1.807, 2.05) is 31.2 Å². The number of aromatic nitrogens is 2. The Hall–Kier alpha value is -3.00. The molecule has 2 amide bonds. The fourth-order valence-electron chi connectivity index (χ4n) is 2.46. The minimum absolute atomic E-state index is 0.153. The summed E-state index contributed by atoms with van der Waals surface area (Å²) in [4.78, 5) is 40.4. The van der Waals surface area contributed by atoms with Crippen molar-refractivity contribution in [2.45, 2.75) is 6.92 Å². The zero-order valence-corrected chi connectivity index (χ0v) is 14.9. The highest BCUT2D eigenvalue weighted by atomic mass is 32.2. The van der Waals surface area contributed by atoms with E-state index in [-0.39, 0.29) is 29.0 Å². The zero-order valence-electron chi connectivity index (χ0n) is 14.1. The molecule has 134 valence electrons. The number of carbonyl (C=O) groups is 2. The molecule has 0 aliphatic carbocycles. The van der Waals surface area contributed by atoms with Crippen LogP contribution in [0.2, 0.25) is 0 Å². The third-order valence-corrected chi connectivity index (χ3v) is 4.50. The lowest BCUT2D eigenvalue weighted by molar-refractivity contribution is -0.114. The number of aryl methyl sites for hydroxylation is 1. The Morgan fingerprint density at radius 2 is 1.58 bits per heavy atom. The molecule has 0 fully saturated rings. The third kappa shape index (κ3) is 4.76. The van der Waals surface area contributed by atoms with Crippen LogP contribution in [0.5, 0.6) is 0 Å². The highest BCUT2D eigenvalue weighted by molar-refractivity contribution is 8.00. The number of benzene rings is 2. The van der Waals surface area contributed by atoms with Crippen LogP contribution in [0.15, 0.2) is 47.3 Å². The lowest BCUT2D eigenvalue weighted by Gasteiger charge is -2.07. The molecule has 0 radical (unpaired) electrons. The Balaban J connectivity index is 1.45. The van der Waals surface area contributed by atoms with Crippen molar-refractivity contribution >= 4 is 46.0 Å². The van der Waals surface area contributed by atoms with Gasteiger partial charge in [-0.15, -0.1) is 11.8 Å². The number of hydrogen-bond acceptors (Lipinski definition) is 4. The summed E-state index contributed by atoms with van der Waals surface area (Å²) >= 11 is 1.23. The summed E-state index contributed by atoms with van der Waals surface area (Å²) in [5.41, 5.74) is 3.40. The second-order valence-corrected chi connectivity index (χ2v) is 6.78. The average molecular weight is 370 g/mol. The summed E-state index contributed by atoms with van der Waals surface area (Å²) in [6.45, 7) is 1.95. The fraction of sp³-hybridized carbons (Fsp3) is 0.167. The van der Waals surface area contributed by atoms with Crippen LogP contribution in [0.1, 0.15) is 5.56 Å². The average Bonchev–Trinajstić information content (AvgIpc) is 2.94. The van der Waals surface area contributed by atoms with E-state index in [1.54, 1.807) is 18.2 Å². The first-order valence-corrected chi connectivity index (χ1v) is 9.11. The normalized spacial score (nSPS) is 10.7. The quantitative estimate of drug-likeness (QED) is 0.535. The number of aromatic amines is 2. The standard InChI is InChI=1S/C18H18N4O3S/c1-11-3-2-4-12(7-11)19-16(23)9-26-10-17(24)20-13-5-6-14-15(8-13)22-18(25)21-14/h2-8H,9-10H2,1H3,(H,19,23)(H,20,24)(H2,21,22,25). The second-order valence-electron chi connectivity index (χ2n) is 5.80. The molecule has 3 aromatic rings. The van der Waals surface area contributed by atoms with Gasteiger partial charge in [0, 0.05) is 11.4 Å². The number of rotatable bonds is 6. The third-order valence-electron chi connectivity index (χ3n) is 3.57. The van der Waals surface area contributed by atoms with Crippen LogP contribution in [0.25, 0.3) is 11.0 Å². The lowest BCUT2D eigenvalue weighted by Crippen LogP contribution is -2.18. The fourth-order valence-corrected chi connectivity index (χ4v) is 3.08. The predicted molar refractivity (Wildman–Crippen MR) is 105 cm³/mol. The maximum Gasteiger partial charge on any atom is 0.323 e. The van der Waals surface area contributed by atoms with Gasteiger partial charge in [-0.2, -0.15) is 0 Å². The molecular formula is C18H18N4O3S. The Morgan fingerprint density at radius 3 is 2.27 bits per heavy atom. The summed E-state index contributed by atoms with van der Waals surface area (Å²) in [5, 5.41) is 5.55. The Morgan fingerprint density at radius 1 is 0.923 bits per heavy atom. The van der Waals surface area contributed by atoms with Gasteiger partial charge >= 0.3 is 5.69 Å². The van der Waals surface area contributed by atoms with E-state index < -0.39 is 0 Å². The van der Waals surface area contributed by atoms with E-state index in [0.29, 0.717) is 16.7 Å². The number of thioether (sulfide) groups is 1. The molecule has 7 nitrogen and oxygen atoms in total. The van der Waals surface area contributed by atoms with Gasteiger partial charge < -0.3 is 20.6 Å². The molecule has 0 unspecified atom stereocenters. The number of anilines is 2. The number of fused-ring (bicyclic) bond motifs is 1. The number of carbonyl (C=O) groups excluding carboxylic acids is 2. The van der Waals surface area contributed by atoms with Gasteiger partial charge in [-0.1, -0.05) is 12.1 Å². The van der Waals surface area contributed by atoms with E-state index >= 15 is 0 Å². The van der Waals surface area contributed by atoms with Crippen LogP contribution in [0.3, 0.4) is 0 Å². The second kappa shape index (κ2) is 7.92. The SMILES string of the molecule is Cc1cccc(NC(=O)CSCC(=O)Nc2ccc3[nH]c(=O)[nH]c3c2)c1. The van der Waals surface area contributed by atoms with Crippen LogP contribution in [0.4, 0.5) is 11.4 Å². The monoisotopic (exact) mass is 370 g/mol. The summed E-state index contributed by atoms with van der Waals surface area (Å²) in [6, 6.07) is 12.6. The molecule has 0 bridgehead atoms. The number of amides is 2. The van der Waals surface area contributed by atoms with Crippen molar-refractivity contribution in [3.8, 4) is 0 Å². The first-order valence-electron chi connectivity index (χ1n) is 7.96. The summed E-state index contributed by atoms with van der Waals surface area (Å²) in [7, 11) is 0. The van der Waals surface area contributed by atoms with Crippen LogP contribution >= 0.6 is 11.8 Å². The Bertz CT molecular complexity index is 1010. The van der Waals surface area contributed by atoms with Crippen molar-refractivity contribution < 1.29 is 9.59 Å². The van der Waals surface area contributed by atoms with E-state index in [1.165, 1.54) is 11.8 Å². The smallest absolute Gasteiger partial charge is 0.323 e. The summed E-state index contributed by atoms with van der Waals surface area (Å²) in [5.74, 6) is -0.0237. The van der Waals surface area contributed by atoms with Gasteiger partial charge in [0.15, 0.2) is 0 Å². The Labute approximate surface area is 153 Å². The number of nitrogens with one attached hydrogen (secondary N) is 4. The number of hydrogen-bond donors (Lipinski definition) is 4. The first-order chi connectivity index (χ1) is 12.5. The molecule has 0 aliphatic rings. The lowest BCUT2D eigenvalue weighted by atomic mass is 10.2. The minimum Gasteiger partial charge on any atom is -0.325 e. The van der Waals surface area contributed by atoms with E-state index in [0.717, 1.165) is 11.3 Å². The van der Waals surface area contributed by atoms with Crippen LogP contribution < -0.4 is 16.3 Å². The van der Waals surface area contributed by atoms with Crippen LogP contribution in [0, 0.1) is 6.92 Å². The minimum atomic E-state index is -0.293. The molecule has 4 N–H and O–H groups in total. The number of imidazole rings is 1. The highest BCUT2D eigenvalue weighted by Gasteiger charge is 2.08. The molecular weight excluding hydrogens is 352 g/mol. The van der Waals surface area contributed by atoms with Crippen molar-refractivity contribution in [3.05, 3.63) is 58.5 Å².